The normalized spacial score (nSPS) is 14.2. The van der Waals surface area contributed by atoms with Crippen molar-refractivity contribution in [2.45, 2.75) is 40.5 Å². The van der Waals surface area contributed by atoms with Crippen molar-refractivity contribution in [2.24, 2.45) is 5.41 Å². The van der Waals surface area contributed by atoms with E-state index in [9.17, 15) is 9.59 Å². The van der Waals surface area contributed by atoms with Crippen molar-refractivity contribution in [2.75, 3.05) is 26.2 Å². The van der Waals surface area contributed by atoms with Crippen molar-refractivity contribution in [1.29, 1.82) is 0 Å². The van der Waals surface area contributed by atoms with Crippen LogP contribution in [0.25, 0.3) is 34.3 Å². The van der Waals surface area contributed by atoms with Gasteiger partial charge in [0.05, 0.1) is 17.6 Å². The van der Waals surface area contributed by atoms with Gasteiger partial charge in [-0.05, 0) is 43.0 Å². The largest absolute Gasteiger partial charge is 0.415 e. The lowest BCUT2D eigenvalue weighted by molar-refractivity contribution is -0.132. The number of amides is 2. The molecule has 2 amide bonds. The maximum Gasteiger partial charge on any atom is 0.268 e. The predicted octanol–water partition coefficient (Wildman–Crippen LogP) is 5.28. The summed E-state index contributed by atoms with van der Waals surface area (Å²) in [5, 5.41) is 8.36. The Bertz CT molecular complexity index is 1490. The van der Waals surface area contributed by atoms with Crippen molar-refractivity contribution < 1.29 is 14.0 Å². The fourth-order valence-electron chi connectivity index (χ4n) is 4.71. The second-order valence-corrected chi connectivity index (χ2v) is 11.3. The summed E-state index contributed by atoms with van der Waals surface area (Å²) >= 11 is 0. The Morgan fingerprint density at radius 3 is 2.25 bits per heavy atom. The van der Waals surface area contributed by atoms with Crippen LogP contribution >= 0.6 is 0 Å². The predicted molar refractivity (Wildman–Crippen MR) is 152 cm³/mol. The van der Waals surface area contributed by atoms with Crippen molar-refractivity contribution in [3.63, 3.8) is 0 Å². The van der Waals surface area contributed by atoms with Gasteiger partial charge in [-0.3, -0.25) is 14.6 Å². The van der Waals surface area contributed by atoms with Crippen LogP contribution in [-0.4, -0.2) is 68.0 Å². The van der Waals surface area contributed by atoms with E-state index in [4.69, 9.17) is 9.40 Å². The number of carbonyl (C=O) groups excluding carboxylic acids is 2. The van der Waals surface area contributed by atoms with E-state index in [1.54, 1.807) is 6.20 Å². The molecule has 206 valence electrons. The third-order valence-corrected chi connectivity index (χ3v) is 6.85. The lowest BCUT2D eigenvalue weighted by atomic mass is 9.91. The Morgan fingerprint density at radius 1 is 0.850 bits per heavy atom. The summed E-state index contributed by atoms with van der Waals surface area (Å²) in [6, 6.07) is 16.9. The first-order valence-electron chi connectivity index (χ1n) is 13.6. The molecule has 2 aromatic heterocycles. The first-order valence-corrected chi connectivity index (χ1v) is 13.6. The van der Waals surface area contributed by atoms with Crippen molar-refractivity contribution in [1.82, 2.24) is 30.0 Å². The van der Waals surface area contributed by atoms with Crippen LogP contribution in [0.5, 0.6) is 0 Å². The number of rotatable bonds is 5. The summed E-state index contributed by atoms with van der Waals surface area (Å²) < 4.78 is 5.90. The number of hydrogen-bond donors (Lipinski definition) is 0. The molecule has 3 heterocycles. The van der Waals surface area contributed by atoms with Gasteiger partial charge in [0.25, 0.3) is 11.8 Å². The van der Waals surface area contributed by atoms with Crippen molar-refractivity contribution in [3.8, 4) is 34.3 Å². The van der Waals surface area contributed by atoms with Crippen LogP contribution in [0.1, 0.15) is 49.7 Å². The molecule has 1 aliphatic heterocycles. The van der Waals surface area contributed by atoms with Gasteiger partial charge in [-0.2, -0.15) is 0 Å². The zero-order valence-electron chi connectivity index (χ0n) is 23.4. The van der Waals surface area contributed by atoms with Gasteiger partial charge in [-0.15, -0.1) is 10.2 Å². The Labute approximate surface area is 234 Å². The van der Waals surface area contributed by atoms with Gasteiger partial charge in [0.2, 0.25) is 11.8 Å². The van der Waals surface area contributed by atoms with Crippen LogP contribution in [0.2, 0.25) is 0 Å². The molecular weight excluding hydrogens is 504 g/mol. The monoisotopic (exact) mass is 538 g/mol. The van der Waals surface area contributed by atoms with Crippen LogP contribution in [0.3, 0.4) is 0 Å². The average Bonchev–Trinajstić information content (AvgIpc) is 3.30. The van der Waals surface area contributed by atoms with E-state index in [1.807, 2.05) is 71.3 Å². The van der Waals surface area contributed by atoms with E-state index in [1.165, 1.54) is 0 Å². The number of nitrogens with zero attached hydrogens (tertiary/aromatic N) is 6. The van der Waals surface area contributed by atoms with E-state index in [-0.39, 0.29) is 17.2 Å². The SMILES string of the molecule is Cc1ncc(-c2ccc(C(=O)N3CCCN(C(=O)CC(C)(C)C)CC3)cc2)nc1-c1nnc(-c2ccccc2)o1. The van der Waals surface area contributed by atoms with Gasteiger partial charge < -0.3 is 14.2 Å². The number of aromatic nitrogens is 4. The van der Waals surface area contributed by atoms with E-state index < -0.39 is 0 Å². The number of benzene rings is 2. The molecule has 40 heavy (non-hydrogen) atoms. The summed E-state index contributed by atoms with van der Waals surface area (Å²) in [4.78, 5) is 38.9. The third kappa shape index (κ3) is 6.25. The molecule has 0 unspecified atom stereocenters. The Morgan fingerprint density at radius 2 is 1.52 bits per heavy atom. The number of hydrogen-bond acceptors (Lipinski definition) is 7. The van der Waals surface area contributed by atoms with Crippen LogP contribution in [0.4, 0.5) is 0 Å². The maximum atomic E-state index is 13.3. The minimum absolute atomic E-state index is 0.0355. The minimum Gasteiger partial charge on any atom is -0.415 e. The van der Waals surface area contributed by atoms with E-state index in [2.05, 4.69) is 36.0 Å². The highest BCUT2D eigenvalue weighted by atomic mass is 16.4. The smallest absolute Gasteiger partial charge is 0.268 e. The van der Waals surface area contributed by atoms with E-state index in [0.717, 1.165) is 17.5 Å². The zero-order chi connectivity index (χ0) is 28.3. The molecule has 0 saturated carbocycles. The molecule has 1 aliphatic rings. The van der Waals surface area contributed by atoms with E-state index >= 15 is 0 Å². The fourth-order valence-corrected chi connectivity index (χ4v) is 4.71. The molecular formula is C31H34N6O3. The highest BCUT2D eigenvalue weighted by molar-refractivity contribution is 5.94. The molecule has 5 rings (SSSR count). The highest BCUT2D eigenvalue weighted by Crippen LogP contribution is 2.27. The Hall–Kier alpha value is -4.40. The van der Waals surface area contributed by atoms with Gasteiger partial charge in [0, 0.05) is 49.3 Å². The first-order chi connectivity index (χ1) is 19.2. The molecule has 0 aliphatic carbocycles. The Balaban J connectivity index is 1.28. The van der Waals surface area contributed by atoms with Crippen LogP contribution < -0.4 is 0 Å². The number of aryl methyl sites for hydroxylation is 1. The summed E-state index contributed by atoms with van der Waals surface area (Å²) in [6.07, 6.45) is 2.97. The third-order valence-electron chi connectivity index (χ3n) is 6.85. The second-order valence-electron chi connectivity index (χ2n) is 11.3. The standard InChI is InChI=1S/C31H34N6O3/c1-21-27(29-35-34-28(40-29)23-9-6-5-7-10-23)33-25(20-32-21)22-11-13-24(14-12-22)30(39)37-16-8-15-36(17-18-37)26(38)19-31(2,3)4/h5-7,9-14,20H,8,15-19H2,1-4H3. The first kappa shape index (κ1) is 27.2. The average molecular weight is 539 g/mol. The van der Waals surface area contributed by atoms with Gasteiger partial charge in [-0.25, -0.2) is 4.98 Å². The molecule has 4 aromatic rings. The molecule has 0 radical (unpaired) electrons. The quantitative estimate of drug-likeness (QED) is 0.340. The summed E-state index contributed by atoms with van der Waals surface area (Å²) in [7, 11) is 0. The van der Waals surface area contributed by atoms with Crippen LogP contribution in [-0.2, 0) is 4.79 Å². The molecule has 1 fully saturated rings. The molecule has 9 heteroatoms. The van der Waals surface area contributed by atoms with Gasteiger partial charge in [0.1, 0.15) is 5.69 Å². The summed E-state index contributed by atoms with van der Waals surface area (Å²) in [5.41, 5.74) is 4.03. The molecule has 2 aromatic carbocycles. The lowest BCUT2D eigenvalue weighted by Crippen LogP contribution is -2.38. The molecule has 9 nitrogen and oxygen atoms in total. The highest BCUT2D eigenvalue weighted by Gasteiger charge is 2.25. The molecule has 0 bridgehead atoms. The Kier molecular flexibility index (Phi) is 7.73. The molecule has 0 N–H and O–H groups in total. The molecule has 0 spiro atoms. The van der Waals surface area contributed by atoms with E-state index in [0.29, 0.717) is 67.0 Å². The van der Waals surface area contributed by atoms with Crippen LogP contribution in [0.15, 0.2) is 65.2 Å². The maximum absolute atomic E-state index is 13.3. The minimum atomic E-state index is -0.0559. The fraction of sp³-hybridized carbons (Fsp3) is 0.355. The van der Waals surface area contributed by atoms with Crippen LogP contribution in [0, 0.1) is 12.3 Å². The number of carbonyl (C=O) groups is 2. The molecule has 1 saturated heterocycles. The zero-order valence-corrected chi connectivity index (χ0v) is 23.4. The lowest BCUT2D eigenvalue weighted by Gasteiger charge is -2.25. The summed E-state index contributed by atoms with van der Waals surface area (Å²) in [5.74, 6) is 0.835. The van der Waals surface area contributed by atoms with Gasteiger partial charge in [-0.1, -0.05) is 51.1 Å². The van der Waals surface area contributed by atoms with Crippen molar-refractivity contribution in [3.05, 3.63) is 72.1 Å². The van der Waals surface area contributed by atoms with Crippen molar-refractivity contribution >= 4 is 11.8 Å². The van der Waals surface area contributed by atoms with Gasteiger partial charge in [0.15, 0.2) is 0 Å². The van der Waals surface area contributed by atoms with Gasteiger partial charge >= 0.3 is 0 Å². The topological polar surface area (TPSA) is 105 Å². The molecule has 0 atom stereocenters. The summed E-state index contributed by atoms with van der Waals surface area (Å²) in [6.45, 7) is 10.4. The second kappa shape index (κ2) is 11.4.